The van der Waals surface area contributed by atoms with E-state index in [1.54, 1.807) is 6.07 Å². The second kappa shape index (κ2) is 5.72. The number of aliphatic hydroxyl groups is 2. The van der Waals surface area contributed by atoms with Gasteiger partial charge in [-0.05, 0) is 12.1 Å². The Balaban J connectivity index is 3.13. The van der Waals surface area contributed by atoms with E-state index in [9.17, 15) is 14.6 Å². The summed E-state index contributed by atoms with van der Waals surface area (Å²) in [7, 11) is 0. The summed E-state index contributed by atoms with van der Waals surface area (Å²) in [6, 6.07) is 2.85. The highest BCUT2D eigenvalue weighted by Crippen LogP contribution is 2.31. The largest absolute Gasteiger partial charge is 0.389 e. The Morgan fingerprint density at radius 1 is 1.27 bits per heavy atom. The average Bonchev–Trinajstić information content (AvgIpc) is 2.14. The second-order valence-electron chi connectivity index (χ2n) is 2.95. The van der Waals surface area contributed by atoms with Crippen LogP contribution in [0.3, 0.4) is 0 Å². The molecule has 0 amide bonds. The van der Waals surface area contributed by atoms with Crippen LogP contribution in [0.5, 0.6) is 0 Å². The standard InChI is InChI=1S/C9H8Br3FO2/c10-3-7(14)9(15)8-5(12)1-4(11)2-6(8)13/h1-2,7,9,14-15H,3H2. The van der Waals surface area contributed by atoms with Crippen LogP contribution in [0.1, 0.15) is 11.7 Å². The van der Waals surface area contributed by atoms with Crippen LogP contribution >= 0.6 is 47.8 Å². The Kier molecular flexibility index (Phi) is 5.18. The Morgan fingerprint density at radius 3 is 2.33 bits per heavy atom. The van der Waals surface area contributed by atoms with E-state index in [2.05, 4.69) is 47.8 Å². The van der Waals surface area contributed by atoms with E-state index >= 15 is 0 Å². The first-order chi connectivity index (χ1) is 6.97. The van der Waals surface area contributed by atoms with Crippen molar-refractivity contribution in [3.8, 4) is 0 Å². The summed E-state index contributed by atoms with van der Waals surface area (Å²) in [5.41, 5.74) is 0.0603. The van der Waals surface area contributed by atoms with E-state index in [0.29, 0.717) is 8.95 Å². The summed E-state index contributed by atoms with van der Waals surface area (Å²) in [6.07, 6.45) is -2.30. The van der Waals surface area contributed by atoms with Crippen LogP contribution in [0.25, 0.3) is 0 Å². The fourth-order valence-corrected chi connectivity index (χ4v) is 2.87. The zero-order valence-electron chi connectivity index (χ0n) is 7.42. The van der Waals surface area contributed by atoms with Crippen LogP contribution in [-0.4, -0.2) is 21.6 Å². The molecule has 0 saturated heterocycles. The molecule has 0 aliphatic rings. The molecule has 0 spiro atoms. The summed E-state index contributed by atoms with van der Waals surface area (Å²) in [5.74, 6) is -0.566. The predicted molar refractivity (Wildman–Crippen MR) is 66.6 cm³/mol. The van der Waals surface area contributed by atoms with Gasteiger partial charge in [0, 0.05) is 19.8 Å². The molecule has 2 unspecified atom stereocenters. The Labute approximate surface area is 112 Å². The highest BCUT2D eigenvalue weighted by atomic mass is 79.9. The lowest BCUT2D eigenvalue weighted by atomic mass is 10.1. The molecule has 1 aromatic carbocycles. The van der Waals surface area contributed by atoms with Gasteiger partial charge in [0.1, 0.15) is 11.9 Å². The van der Waals surface area contributed by atoms with E-state index in [0.717, 1.165) is 0 Å². The Bertz CT molecular complexity index is 336. The van der Waals surface area contributed by atoms with Crippen molar-refractivity contribution < 1.29 is 14.6 Å². The molecule has 2 atom stereocenters. The van der Waals surface area contributed by atoms with Crippen LogP contribution in [0.2, 0.25) is 0 Å². The molecule has 0 aliphatic carbocycles. The molecule has 0 aliphatic heterocycles. The number of hydrogen-bond acceptors (Lipinski definition) is 2. The molecule has 0 heterocycles. The van der Waals surface area contributed by atoms with Crippen molar-refractivity contribution >= 4 is 47.8 Å². The van der Waals surface area contributed by atoms with Crippen molar-refractivity contribution in [3.05, 3.63) is 32.5 Å². The van der Waals surface area contributed by atoms with Crippen molar-refractivity contribution in [1.29, 1.82) is 0 Å². The number of hydrogen-bond donors (Lipinski definition) is 2. The van der Waals surface area contributed by atoms with E-state index in [-0.39, 0.29) is 10.9 Å². The lowest BCUT2D eigenvalue weighted by molar-refractivity contribution is 0.0315. The summed E-state index contributed by atoms with van der Waals surface area (Å²) >= 11 is 9.29. The molecule has 15 heavy (non-hydrogen) atoms. The molecule has 2 nitrogen and oxygen atoms in total. The second-order valence-corrected chi connectivity index (χ2v) is 5.37. The van der Waals surface area contributed by atoms with Gasteiger partial charge in [0.25, 0.3) is 0 Å². The molecule has 0 saturated carbocycles. The summed E-state index contributed by atoms with van der Waals surface area (Å²) in [6.45, 7) is 0. The van der Waals surface area contributed by atoms with Gasteiger partial charge in [-0.25, -0.2) is 4.39 Å². The van der Waals surface area contributed by atoms with Crippen molar-refractivity contribution in [1.82, 2.24) is 0 Å². The first-order valence-corrected chi connectivity index (χ1v) is 6.74. The van der Waals surface area contributed by atoms with Gasteiger partial charge in [-0.3, -0.25) is 0 Å². The molecule has 84 valence electrons. The minimum Gasteiger partial charge on any atom is -0.389 e. The molecule has 0 bridgehead atoms. The van der Waals surface area contributed by atoms with Gasteiger partial charge in [0.15, 0.2) is 0 Å². The fraction of sp³-hybridized carbons (Fsp3) is 0.333. The quantitative estimate of drug-likeness (QED) is 0.757. The van der Waals surface area contributed by atoms with E-state index in [1.807, 2.05) is 0 Å². The maximum Gasteiger partial charge on any atom is 0.131 e. The van der Waals surface area contributed by atoms with Gasteiger partial charge in [-0.15, -0.1) is 0 Å². The van der Waals surface area contributed by atoms with Crippen LogP contribution in [0, 0.1) is 5.82 Å². The normalized spacial score (nSPS) is 15.1. The first kappa shape index (κ1) is 13.6. The van der Waals surface area contributed by atoms with Crippen molar-refractivity contribution in [3.63, 3.8) is 0 Å². The minimum absolute atomic E-state index is 0.0603. The van der Waals surface area contributed by atoms with Crippen molar-refractivity contribution in [2.45, 2.75) is 12.2 Å². The number of alkyl halides is 1. The number of halogens is 4. The SMILES string of the molecule is OC(CBr)C(O)c1c(F)cc(Br)cc1Br. The van der Waals surface area contributed by atoms with Crippen molar-refractivity contribution in [2.24, 2.45) is 0 Å². The van der Waals surface area contributed by atoms with Gasteiger partial charge in [-0.2, -0.15) is 0 Å². The fourth-order valence-electron chi connectivity index (χ4n) is 1.11. The van der Waals surface area contributed by atoms with Crippen LogP contribution in [0.4, 0.5) is 4.39 Å². The van der Waals surface area contributed by atoms with Crippen LogP contribution in [0.15, 0.2) is 21.1 Å². The third kappa shape index (κ3) is 3.23. The van der Waals surface area contributed by atoms with Gasteiger partial charge >= 0.3 is 0 Å². The predicted octanol–water partition coefficient (Wildman–Crippen LogP) is 3.14. The van der Waals surface area contributed by atoms with E-state index in [1.165, 1.54) is 6.07 Å². The number of benzene rings is 1. The minimum atomic E-state index is -1.26. The topological polar surface area (TPSA) is 40.5 Å². The zero-order chi connectivity index (χ0) is 11.6. The lowest BCUT2D eigenvalue weighted by Crippen LogP contribution is -2.21. The summed E-state index contributed by atoms with van der Waals surface area (Å²) < 4.78 is 14.5. The van der Waals surface area contributed by atoms with Crippen LogP contribution in [-0.2, 0) is 0 Å². The summed E-state index contributed by atoms with van der Waals surface area (Å²) in [5, 5.41) is 19.3. The number of rotatable bonds is 3. The molecule has 6 heteroatoms. The maximum atomic E-state index is 13.5. The van der Waals surface area contributed by atoms with Gasteiger partial charge in [-0.1, -0.05) is 47.8 Å². The molecule has 0 radical (unpaired) electrons. The third-order valence-electron chi connectivity index (χ3n) is 1.86. The number of aliphatic hydroxyl groups excluding tert-OH is 2. The van der Waals surface area contributed by atoms with Crippen LogP contribution < -0.4 is 0 Å². The average molecular weight is 407 g/mol. The maximum absolute atomic E-state index is 13.5. The smallest absolute Gasteiger partial charge is 0.131 e. The van der Waals surface area contributed by atoms with Gasteiger partial charge in [0.05, 0.1) is 6.10 Å². The molecule has 0 fully saturated rings. The molecule has 1 rings (SSSR count). The highest BCUT2D eigenvalue weighted by molar-refractivity contribution is 9.11. The van der Waals surface area contributed by atoms with E-state index < -0.39 is 18.0 Å². The Hall–Kier alpha value is 0.510. The van der Waals surface area contributed by atoms with E-state index in [4.69, 9.17) is 0 Å². The molecule has 1 aromatic rings. The highest BCUT2D eigenvalue weighted by Gasteiger charge is 2.23. The monoisotopic (exact) mass is 404 g/mol. The molecular formula is C9H8Br3FO2. The van der Waals surface area contributed by atoms with Crippen molar-refractivity contribution in [2.75, 3.05) is 5.33 Å². The Morgan fingerprint density at radius 2 is 1.87 bits per heavy atom. The molecule has 2 N–H and O–H groups in total. The third-order valence-corrected chi connectivity index (χ3v) is 3.64. The molecular weight excluding hydrogens is 399 g/mol. The zero-order valence-corrected chi connectivity index (χ0v) is 12.2. The molecule has 0 aromatic heterocycles. The van der Waals surface area contributed by atoms with Gasteiger partial charge in [0.2, 0.25) is 0 Å². The lowest BCUT2D eigenvalue weighted by Gasteiger charge is -2.18. The first-order valence-electron chi connectivity index (χ1n) is 4.04. The summed E-state index contributed by atoms with van der Waals surface area (Å²) in [4.78, 5) is 0. The van der Waals surface area contributed by atoms with Gasteiger partial charge < -0.3 is 10.2 Å².